The number of hydrogen-bond donors (Lipinski definition) is 1. The van der Waals surface area contributed by atoms with Gasteiger partial charge in [0, 0.05) is 11.9 Å². The molecule has 2 aromatic rings. The Balaban J connectivity index is 2.14. The van der Waals surface area contributed by atoms with Crippen molar-refractivity contribution in [3.05, 3.63) is 40.3 Å². The van der Waals surface area contributed by atoms with Gasteiger partial charge in [-0.3, -0.25) is 0 Å². The van der Waals surface area contributed by atoms with Crippen LogP contribution in [0.15, 0.2) is 29.6 Å². The van der Waals surface area contributed by atoms with Crippen molar-refractivity contribution < 1.29 is 19.1 Å². The number of esters is 1. The summed E-state index contributed by atoms with van der Waals surface area (Å²) in [6, 6.07) is 7.01. The second-order valence-electron chi connectivity index (χ2n) is 6.35. The SMILES string of the molecule is COC(=O)c1csc(CN(CCC(C)C)C(=O)Nc2ccccc2OC)n1. The molecule has 0 fully saturated rings. The summed E-state index contributed by atoms with van der Waals surface area (Å²) in [7, 11) is 2.88. The molecule has 0 bridgehead atoms. The fraction of sp³-hybridized carbons (Fsp3) is 0.421. The molecule has 1 aromatic heterocycles. The monoisotopic (exact) mass is 391 g/mol. The Morgan fingerprint density at radius 3 is 2.67 bits per heavy atom. The second kappa shape index (κ2) is 9.91. The van der Waals surface area contributed by atoms with Crippen molar-refractivity contribution in [2.75, 3.05) is 26.1 Å². The van der Waals surface area contributed by atoms with E-state index >= 15 is 0 Å². The molecule has 2 rings (SSSR count). The first-order valence-electron chi connectivity index (χ1n) is 8.66. The second-order valence-corrected chi connectivity index (χ2v) is 7.30. The van der Waals surface area contributed by atoms with Crippen LogP contribution in [0.4, 0.5) is 10.5 Å². The summed E-state index contributed by atoms with van der Waals surface area (Å²) in [6.45, 7) is 5.10. The standard InChI is InChI=1S/C19H25N3O4S/c1-13(2)9-10-22(11-17-20-15(12-27-17)18(23)26-4)19(24)21-14-7-5-6-8-16(14)25-3/h5-8,12-13H,9-11H2,1-4H3,(H,21,24). The summed E-state index contributed by atoms with van der Waals surface area (Å²) in [4.78, 5) is 30.4. The van der Waals surface area contributed by atoms with Gasteiger partial charge >= 0.3 is 12.0 Å². The first-order valence-corrected chi connectivity index (χ1v) is 9.54. The Morgan fingerprint density at radius 2 is 2.00 bits per heavy atom. The molecule has 7 nitrogen and oxygen atoms in total. The lowest BCUT2D eigenvalue weighted by Crippen LogP contribution is -2.35. The Kier molecular flexibility index (Phi) is 7.60. The highest BCUT2D eigenvalue weighted by atomic mass is 32.1. The molecule has 0 aliphatic heterocycles. The van der Waals surface area contributed by atoms with Crippen LogP contribution in [-0.2, 0) is 11.3 Å². The summed E-state index contributed by atoms with van der Waals surface area (Å²) in [6.07, 6.45) is 0.856. The van der Waals surface area contributed by atoms with Crippen molar-refractivity contribution in [3.8, 4) is 5.75 Å². The van der Waals surface area contributed by atoms with E-state index in [9.17, 15) is 9.59 Å². The lowest BCUT2D eigenvalue weighted by Gasteiger charge is -2.23. The van der Waals surface area contributed by atoms with Gasteiger partial charge in [0.2, 0.25) is 0 Å². The average Bonchev–Trinajstić information content (AvgIpc) is 3.13. The molecular weight excluding hydrogens is 366 g/mol. The van der Waals surface area contributed by atoms with Crippen LogP contribution in [0.1, 0.15) is 35.8 Å². The maximum atomic E-state index is 12.8. The molecule has 2 amide bonds. The number of hydrogen-bond acceptors (Lipinski definition) is 6. The van der Waals surface area contributed by atoms with Crippen LogP contribution in [0, 0.1) is 5.92 Å². The third kappa shape index (κ3) is 5.96. The lowest BCUT2D eigenvalue weighted by molar-refractivity contribution is 0.0594. The molecule has 8 heteroatoms. The van der Waals surface area contributed by atoms with Crippen molar-refractivity contribution >= 4 is 29.0 Å². The number of carbonyl (C=O) groups is 2. The summed E-state index contributed by atoms with van der Waals surface area (Å²) in [5.41, 5.74) is 0.861. The first kappa shape index (κ1) is 20.7. The third-order valence-corrected chi connectivity index (χ3v) is 4.72. The fourth-order valence-corrected chi connectivity index (χ4v) is 3.13. The molecule has 0 saturated heterocycles. The Labute approximate surface area is 163 Å². The van der Waals surface area contributed by atoms with E-state index < -0.39 is 5.97 Å². The number of ether oxygens (including phenoxy) is 2. The van der Waals surface area contributed by atoms with Crippen LogP contribution in [0.25, 0.3) is 0 Å². The Bertz CT molecular complexity index is 776. The van der Waals surface area contributed by atoms with E-state index in [0.717, 1.165) is 6.42 Å². The third-order valence-electron chi connectivity index (χ3n) is 3.88. The molecular formula is C19H25N3O4S. The zero-order valence-corrected chi connectivity index (χ0v) is 16.8. The van der Waals surface area contributed by atoms with Crippen LogP contribution in [0.5, 0.6) is 5.75 Å². The molecule has 27 heavy (non-hydrogen) atoms. The largest absolute Gasteiger partial charge is 0.495 e. The van der Waals surface area contributed by atoms with E-state index in [-0.39, 0.29) is 11.7 Å². The topological polar surface area (TPSA) is 80.8 Å². The number of para-hydroxylation sites is 2. The highest BCUT2D eigenvalue weighted by Crippen LogP contribution is 2.24. The number of nitrogens with zero attached hydrogens (tertiary/aromatic N) is 2. The van der Waals surface area contributed by atoms with E-state index in [1.165, 1.54) is 18.4 Å². The number of amides is 2. The molecule has 0 aliphatic rings. The summed E-state index contributed by atoms with van der Waals surface area (Å²) >= 11 is 1.33. The minimum atomic E-state index is -0.482. The number of benzene rings is 1. The van der Waals surface area contributed by atoms with Gasteiger partial charge in [-0.15, -0.1) is 11.3 Å². The maximum absolute atomic E-state index is 12.8. The molecule has 1 N–H and O–H groups in total. The molecule has 1 heterocycles. The Morgan fingerprint density at radius 1 is 1.26 bits per heavy atom. The van der Waals surface area contributed by atoms with Gasteiger partial charge in [-0.25, -0.2) is 14.6 Å². The quantitative estimate of drug-likeness (QED) is 0.688. The van der Waals surface area contributed by atoms with Gasteiger partial charge in [-0.2, -0.15) is 0 Å². The zero-order chi connectivity index (χ0) is 19.8. The van der Waals surface area contributed by atoms with Crippen molar-refractivity contribution in [2.24, 2.45) is 5.92 Å². The lowest BCUT2D eigenvalue weighted by atomic mass is 10.1. The van der Waals surface area contributed by atoms with Crippen LogP contribution in [0.2, 0.25) is 0 Å². The van der Waals surface area contributed by atoms with Crippen molar-refractivity contribution in [3.63, 3.8) is 0 Å². The number of rotatable bonds is 8. The van der Waals surface area contributed by atoms with Gasteiger partial charge in [0.05, 0.1) is 26.5 Å². The van der Waals surface area contributed by atoms with Crippen LogP contribution < -0.4 is 10.1 Å². The number of anilines is 1. The summed E-state index contributed by atoms with van der Waals surface area (Å²) in [5, 5.41) is 5.21. The molecule has 0 saturated carbocycles. The minimum absolute atomic E-state index is 0.241. The van der Waals surface area contributed by atoms with Gasteiger partial charge < -0.3 is 19.7 Å². The Hall–Kier alpha value is -2.61. The molecule has 146 valence electrons. The van der Waals surface area contributed by atoms with Crippen LogP contribution in [-0.4, -0.2) is 42.6 Å². The smallest absolute Gasteiger partial charge is 0.357 e. The van der Waals surface area contributed by atoms with Crippen molar-refractivity contribution in [1.29, 1.82) is 0 Å². The average molecular weight is 391 g/mol. The molecule has 0 aliphatic carbocycles. The number of nitrogens with one attached hydrogen (secondary N) is 1. The molecule has 0 atom stereocenters. The number of thiazole rings is 1. The summed E-state index contributed by atoms with van der Waals surface area (Å²) < 4.78 is 9.97. The molecule has 1 aromatic carbocycles. The molecule has 0 radical (unpaired) electrons. The van der Waals surface area contributed by atoms with Crippen LogP contribution in [0.3, 0.4) is 0 Å². The van der Waals surface area contributed by atoms with Crippen molar-refractivity contribution in [2.45, 2.75) is 26.8 Å². The van der Waals surface area contributed by atoms with E-state index in [4.69, 9.17) is 4.74 Å². The van der Waals surface area contributed by atoms with Crippen molar-refractivity contribution in [1.82, 2.24) is 9.88 Å². The molecule has 0 unspecified atom stereocenters. The van der Waals surface area contributed by atoms with E-state index in [1.54, 1.807) is 29.5 Å². The predicted molar refractivity (Wildman–Crippen MR) is 105 cm³/mol. The molecule has 0 spiro atoms. The minimum Gasteiger partial charge on any atom is -0.495 e. The zero-order valence-electron chi connectivity index (χ0n) is 16.0. The van der Waals surface area contributed by atoms with Gasteiger partial charge in [-0.05, 0) is 24.5 Å². The first-order chi connectivity index (χ1) is 12.9. The van der Waals surface area contributed by atoms with E-state index in [1.807, 2.05) is 12.1 Å². The predicted octanol–water partition coefficient (Wildman–Crippen LogP) is 4.02. The van der Waals surface area contributed by atoms with Gasteiger partial charge in [-0.1, -0.05) is 26.0 Å². The van der Waals surface area contributed by atoms with Gasteiger partial charge in [0.1, 0.15) is 10.8 Å². The summed E-state index contributed by atoms with van der Waals surface area (Å²) in [5.74, 6) is 0.565. The number of methoxy groups -OCH3 is 2. The van der Waals surface area contributed by atoms with E-state index in [2.05, 4.69) is 28.9 Å². The normalized spacial score (nSPS) is 10.6. The van der Waals surface area contributed by atoms with E-state index in [0.29, 0.717) is 35.5 Å². The highest BCUT2D eigenvalue weighted by molar-refractivity contribution is 7.09. The maximum Gasteiger partial charge on any atom is 0.357 e. The van der Waals surface area contributed by atoms with Gasteiger partial charge in [0.15, 0.2) is 5.69 Å². The van der Waals surface area contributed by atoms with Gasteiger partial charge in [0.25, 0.3) is 0 Å². The number of carbonyl (C=O) groups excluding carboxylic acids is 2. The number of urea groups is 1. The fourth-order valence-electron chi connectivity index (χ4n) is 2.35. The van der Waals surface area contributed by atoms with Crippen LogP contribution >= 0.6 is 11.3 Å². The highest BCUT2D eigenvalue weighted by Gasteiger charge is 2.19. The number of aromatic nitrogens is 1.